The smallest absolute Gasteiger partial charge is 0.350 e. The number of nitrogens with two attached hydrogens (primary N) is 1. The Labute approximate surface area is 145 Å². The lowest BCUT2D eigenvalue weighted by atomic mass is 10.1. The van der Waals surface area contributed by atoms with E-state index in [2.05, 4.69) is 19.9 Å². The fourth-order valence-corrected chi connectivity index (χ4v) is 3.41. The highest BCUT2D eigenvalue weighted by molar-refractivity contribution is 7.51. The van der Waals surface area contributed by atoms with Crippen LogP contribution < -0.4 is 10.6 Å². The minimum absolute atomic E-state index is 0.179. The van der Waals surface area contributed by atoms with Crippen LogP contribution in [0.2, 0.25) is 0 Å². The molecule has 1 unspecified atom stereocenters. The molecule has 0 bridgehead atoms. The third kappa shape index (κ3) is 4.46. The molecule has 1 aliphatic heterocycles. The van der Waals surface area contributed by atoms with Gasteiger partial charge in [-0.1, -0.05) is 0 Å². The van der Waals surface area contributed by atoms with Gasteiger partial charge < -0.3 is 29.7 Å². The first-order valence-corrected chi connectivity index (χ1v) is 10.0. The number of nitrogens with zero attached hydrogens (tertiary/aromatic N) is 5. The number of fused-ring (bicyclic) bond motifs is 1. The summed E-state index contributed by atoms with van der Waals surface area (Å²) in [5.74, 6) is 0.920. The van der Waals surface area contributed by atoms with Crippen LogP contribution in [0.15, 0.2) is 6.33 Å². The normalized spacial score (nSPS) is 17.2. The Morgan fingerprint density at radius 2 is 2.04 bits per heavy atom. The zero-order valence-electron chi connectivity index (χ0n) is 14.1. The highest BCUT2D eigenvalue weighted by Crippen LogP contribution is 2.34. The van der Waals surface area contributed by atoms with Gasteiger partial charge in [-0.25, -0.2) is 4.98 Å². The van der Waals surface area contributed by atoms with Crippen molar-refractivity contribution in [2.24, 2.45) is 0 Å². The molecule has 25 heavy (non-hydrogen) atoms. The molecular formula is C14H23N6O4P. The predicted octanol–water partition coefficient (Wildman–Crippen LogP) is 0.939. The Morgan fingerprint density at radius 1 is 1.32 bits per heavy atom. The molecule has 1 aliphatic rings. The molecule has 11 heteroatoms. The van der Waals surface area contributed by atoms with E-state index in [1.54, 1.807) is 17.8 Å². The zero-order chi connectivity index (χ0) is 18.0. The van der Waals surface area contributed by atoms with Crippen LogP contribution in [0.5, 0.6) is 0 Å². The first kappa shape index (κ1) is 18.1. The van der Waals surface area contributed by atoms with Crippen LogP contribution in [0.25, 0.3) is 11.2 Å². The van der Waals surface area contributed by atoms with Crippen LogP contribution in [0.1, 0.15) is 26.2 Å². The molecule has 0 spiro atoms. The highest BCUT2D eigenvalue weighted by atomic mass is 31.2. The van der Waals surface area contributed by atoms with Crippen LogP contribution in [0, 0.1) is 0 Å². The van der Waals surface area contributed by atoms with Gasteiger partial charge in [-0.2, -0.15) is 9.97 Å². The van der Waals surface area contributed by atoms with Crippen LogP contribution in [0.3, 0.4) is 0 Å². The lowest BCUT2D eigenvalue weighted by Crippen LogP contribution is -2.30. The van der Waals surface area contributed by atoms with E-state index in [1.165, 1.54) is 6.42 Å². The number of rotatable bonds is 6. The van der Waals surface area contributed by atoms with Crippen LogP contribution >= 0.6 is 7.60 Å². The molecule has 1 fully saturated rings. The average molecular weight is 370 g/mol. The number of hydrogen-bond donors (Lipinski definition) is 3. The quantitative estimate of drug-likeness (QED) is 0.634. The molecule has 10 nitrogen and oxygen atoms in total. The van der Waals surface area contributed by atoms with Crippen molar-refractivity contribution in [2.45, 2.75) is 38.8 Å². The Kier molecular flexibility index (Phi) is 5.24. The van der Waals surface area contributed by atoms with Crippen molar-refractivity contribution < 1.29 is 19.1 Å². The van der Waals surface area contributed by atoms with Gasteiger partial charge >= 0.3 is 7.60 Å². The van der Waals surface area contributed by atoms with E-state index < -0.39 is 20.0 Å². The summed E-state index contributed by atoms with van der Waals surface area (Å²) in [6, 6.07) is 0. The van der Waals surface area contributed by atoms with Crippen molar-refractivity contribution in [1.29, 1.82) is 0 Å². The fourth-order valence-electron chi connectivity index (χ4n) is 2.96. The van der Waals surface area contributed by atoms with E-state index in [-0.39, 0.29) is 5.95 Å². The molecule has 0 aliphatic carbocycles. The molecule has 0 radical (unpaired) electrons. The molecule has 0 saturated carbocycles. The molecule has 1 atom stereocenters. The largest absolute Gasteiger partial charge is 0.368 e. The Bertz CT molecular complexity index is 785. The number of piperidine rings is 1. The lowest BCUT2D eigenvalue weighted by Gasteiger charge is -2.27. The molecule has 1 saturated heterocycles. The molecule has 0 aromatic carbocycles. The molecule has 2 aromatic rings. The van der Waals surface area contributed by atoms with Crippen molar-refractivity contribution in [1.82, 2.24) is 19.5 Å². The van der Waals surface area contributed by atoms with Crippen molar-refractivity contribution in [3.05, 3.63) is 6.33 Å². The number of hydrogen-bond acceptors (Lipinski definition) is 7. The third-order valence-corrected chi connectivity index (χ3v) is 4.58. The highest BCUT2D eigenvalue weighted by Gasteiger charge is 2.21. The van der Waals surface area contributed by atoms with Crippen molar-refractivity contribution in [3.63, 3.8) is 0 Å². The van der Waals surface area contributed by atoms with Gasteiger partial charge in [-0.15, -0.1) is 0 Å². The number of nitrogen functional groups attached to an aromatic ring is 1. The SMILES string of the molecule is CC(Cn1cnc2c(N3CCCCC3)nc(N)nc21)OCP(=O)(O)O. The topological polar surface area (TPSA) is 140 Å². The second-order valence-electron chi connectivity index (χ2n) is 6.29. The summed E-state index contributed by atoms with van der Waals surface area (Å²) in [5.41, 5.74) is 7.16. The van der Waals surface area contributed by atoms with Crippen molar-refractivity contribution in [3.8, 4) is 0 Å². The van der Waals surface area contributed by atoms with E-state index >= 15 is 0 Å². The van der Waals surface area contributed by atoms with Gasteiger partial charge in [0.25, 0.3) is 0 Å². The minimum Gasteiger partial charge on any atom is -0.368 e. The van der Waals surface area contributed by atoms with Gasteiger partial charge in [0, 0.05) is 13.1 Å². The summed E-state index contributed by atoms with van der Waals surface area (Å²) < 4.78 is 17.9. The maximum atomic E-state index is 10.9. The molecule has 3 heterocycles. The molecule has 138 valence electrons. The number of aromatic nitrogens is 4. The number of imidazole rings is 1. The molecular weight excluding hydrogens is 347 g/mol. The molecule has 3 rings (SSSR count). The van der Waals surface area contributed by atoms with E-state index in [0.717, 1.165) is 31.7 Å². The summed E-state index contributed by atoms with van der Waals surface area (Å²) in [4.78, 5) is 33.1. The zero-order valence-corrected chi connectivity index (χ0v) is 15.0. The predicted molar refractivity (Wildman–Crippen MR) is 93.3 cm³/mol. The standard InChI is InChI=1S/C14H23N6O4P/c1-10(24-9-25(21,22)23)7-20-8-16-11-12(17-14(15)18-13(11)20)19-5-3-2-4-6-19/h8,10H,2-7,9H2,1H3,(H2,15,17,18)(H2,21,22,23). The summed E-state index contributed by atoms with van der Waals surface area (Å²) >= 11 is 0. The first-order chi connectivity index (χ1) is 11.8. The molecule has 0 amide bonds. The summed E-state index contributed by atoms with van der Waals surface area (Å²) in [5, 5.41) is 0. The summed E-state index contributed by atoms with van der Waals surface area (Å²) in [6.07, 6.45) is 4.03. The van der Waals surface area contributed by atoms with Gasteiger partial charge in [0.05, 0.1) is 19.0 Å². The minimum atomic E-state index is -4.19. The maximum Gasteiger partial charge on any atom is 0.350 e. The van der Waals surface area contributed by atoms with Gasteiger partial charge in [0.15, 0.2) is 17.0 Å². The Balaban J connectivity index is 1.83. The summed E-state index contributed by atoms with van der Waals surface area (Å²) in [6.45, 7) is 3.92. The van der Waals surface area contributed by atoms with E-state index in [0.29, 0.717) is 17.7 Å². The van der Waals surface area contributed by atoms with Crippen molar-refractivity contribution in [2.75, 3.05) is 30.1 Å². The lowest BCUT2D eigenvalue weighted by molar-refractivity contribution is 0.0764. The van der Waals surface area contributed by atoms with Crippen LogP contribution in [-0.2, 0) is 15.8 Å². The second kappa shape index (κ2) is 7.25. The second-order valence-corrected chi connectivity index (χ2v) is 7.88. The van der Waals surface area contributed by atoms with Crippen molar-refractivity contribution >= 4 is 30.5 Å². The first-order valence-electron chi connectivity index (χ1n) is 8.23. The molecule has 2 aromatic heterocycles. The van der Waals surface area contributed by atoms with Crippen LogP contribution in [-0.4, -0.2) is 54.8 Å². The number of anilines is 2. The fraction of sp³-hybridized carbons (Fsp3) is 0.643. The Hall–Kier alpha value is -1.74. The van der Waals surface area contributed by atoms with Crippen LogP contribution in [0.4, 0.5) is 11.8 Å². The summed E-state index contributed by atoms with van der Waals surface area (Å²) in [7, 11) is -4.19. The van der Waals surface area contributed by atoms with Gasteiger partial charge in [-0.3, -0.25) is 4.57 Å². The Morgan fingerprint density at radius 3 is 2.72 bits per heavy atom. The maximum absolute atomic E-state index is 10.9. The molecule has 4 N–H and O–H groups in total. The monoisotopic (exact) mass is 370 g/mol. The van der Waals surface area contributed by atoms with E-state index in [4.69, 9.17) is 20.3 Å². The van der Waals surface area contributed by atoms with Gasteiger partial charge in [-0.05, 0) is 26.2 Å². The van der Waals surface area contributed by atoms with Gasteiger partial charge in [0.2, 0.25) is 5.95 Å². The average Bonchev–Trinajstić information content (AvgIpc) is 2.95. The number of ether oxygens (including phenoxy) is 1. The van der Waals surface area contributed by atoms with Gasteiger partial charge in [0.1, 0.15) is 6.35 Å². The van der Waals surface area contributed by atoms with E-state index in [1.807, 2.05) is 0 Å². The third-order valence-electron chi connectivity index (χ3n) is 4.10. The van der Waals surface area contributed by atoms with E-state index in [9.17, 15) is 4.57 Å².